The fraction of sp³-hybridized carbons (Fsp3) is 0.500. The minimum Gasteiger partial charge on any atom is -0.388 e. The zero-order valence-corrected chi connectivity index (χ0v) is 7.88. The van der Waals surface area contributed by atoms with Gasteiger partial charge in [-0.1, -0.05) is 0 Å². The molecule has 13 heavy (non-hydrogen) atoms. The van der Waals surface area contributed by atoms with Gasteiger partial charge >= 0.3 is 0 Å². The molecule has 1 aliphatic carbocycles. The van der Waals surface area contributed by atoms with Crippen LogP contribution in [0, 0.1) is 0 Å². The molecule has 0 aromatic carbocycles. The lowest BCUT2D eigenvalue weighted by Gasteiger charge is -2.04. The topological polar surface area (TPSA) is 37.0 Å². The highest BCUT2D eigenvalue weighted by Crippen LogP contribution is 2.19. The summed E-state index contributed by atoms with van der Waals surface area (Å²) >= 11 is 0. The van der Waals surface area contributed by atoms with E-state index < -0.39 is 0 Å². The molecular formula is C10H15N3. The van der Waals surface area contributed by atoms with E-state index >= 15 is 0 Å². The minimum atomic E-state index is 0.750. The summed E-state index contributed by atoms with van der Waals surface area (Å²) in [6.07, 6.45) is 4.49. The average Bonchev–Trinajstić information content (AvgIpc) is 2.99. The molecule has 1 fully saturated rings. The van der Waals surface area contributed by atoms with E-state index in [4.69, 9.17) is 0 Å². The molecule has 0 spiro atoms. The Morgan fingerprint density at radius 3 is 3.08 bits per heavy atom. The van der Waals surface area contributed by atoms with Crippen molar-refractivity contribution in [2.45, 2.75) is 25.4 Å². The molecule has 3 heteroatoms. The molecular weight excluding hydrogens is 162 g/mol. The molecule has 0 bridgehead atoms. The lowest BCUT2D eigenvalue weighted by molar-refractivity contribution is 0.675. The van der Waals surface area contributed by atoms with Crippen LogP contribution < -0.4 is 10.6 Å². The van der Waals surface area contributed by atoms with Gasteiger partial charge in [0.1, 0.15) is 0 Å². The maximum Gasteiger partial charge on any atom is 0.0562 e. The van der Waals surface area contributed by atoms with Crippen molar-refractivity contribution >= 4 is 5.69 Å². The van der Waals surface area contributed by atoms with Gasteiger partial charge in [-0.2, -0.15) is 0 Å². The van der Waals surface area contributed by atoms with Crippen molar-refractivity contribution in [3.8, 4) is 0 Å². The molecule has 1 aromatic heterocycles. The highest BCUT2D eigenvalue weighted by atomic mass is 15.0. The summed E-state index contributed by atoms with van der Waals surface area (Å²) in [5.41, 5.74) is 2.24. The molecule has 1 saturated carbocycles. The van der Waals surface area contributed by atoms with E-state index in [9.17, 15) is 0 Å². The van der Waals surface area contributed by atoms with E-state index in [0.717, 1.165) is 24.0 Å². The van der Waals surface area contributed by atoms with Gasteiger partial charge in [-0.3, -0.25) is 4.98 Å². The second kappa shape index (κ2) is 3.75. The van der Waals surface area contributed by atoms with E-state index in [1.54, 1.807) is 0 Å². The monoisotopic (exact) mass is 177 g/mol. The van der Waals surface area contributed by atoms with Crippen molar-refractivity contribution in [3.63, 3.8) is 0 Å². The molecule has 1 aliphatic rings. The molecule has 3 nitrogen and oxygen atoms in total. The lowest BCUT2D eigenvalue weighted by Crippen LogP contribution is -2.16. The summed E-state index contributed by atoms with van der Waals surface area (Å²) in [5, 5.41) is 6.54. The number of nitrogens with one attached hydrogen (secondary N) is 2. The van der Waals surface area contributed by atoms with E-state index in [1.807, 2.05) is 19.3 Å². The molecule has 0 atom stereocenters. The number of anilines is 1. The second-order valence-electron chi connectivity index (χ2n) is 3.44. The number of hydrogen-bond acceptors (Lipinski definition) is 3. The van der Waals surface area contributed by atoms with Crippen molar-refractivity contribution < 1.29 is 0 Å². The summed E-state index contributed by atoms with van der Waals surface area (Å²) in [5.74, 6) is 0. The third kappa shape index (κ3) is 2.42. The van der Waals surface area contributed by atoms with E-state index in [1.165, 1.54) is 12.8 Å². The Balaban J connectivity index is 1.93. The predicted molar refractivity (Wildman–Crippen MR) is 53.6 cm³/mol. The molecule has 1 aromatic rings. The Kier molecular flexibility index (Phi) is 2.45. The van der Waals surface area contributed by atoms with Gasteiger partial charge in [0.2, 0.25) is 0 Å². The normalized spacial score (nSPS) is 15.8. The van der Waals surface area contributed by atoms with E-state index in [0.29, 0.717) is 0 Å². The first-order valence-electron chi connectivity index (χ1n) is 4.74. The van der Waals surface area contributed by atoms with Crippen molar-refractivity contribution in [2.24, 2.45) is 0 Å². The quantitative estimate of drug-likeness (QED) is 0.729. The van der Waals surface area contributed by atoms with Gasteiger partial charge in [0.05, 0.1) is 5.69 Å². The molecule has 1 heterocycles. The Bertz CT molecular complexity index is 281. The first-order valence-corrected chi connectivity index (χ1v) is 4.74. The lowest BCUT2D eigenvalue weighted by atomic mass is 10.3. The smallest absolute Gasteiger partial charge is 0.0562 e. The highest BCUT2D eigenvalue weighted by molar-refractivity contribution is 5.42. The van der Waals surface area contributed by atoms with Gasteiger partial charge in [-0.15, -0.1) is 0 Å². The van der Waals surface area contributed by atoms with Crippen molar-refractivity contribution in [2.75, 3.05) is 12.4 Å². The number of nitrogens with zero attached hydrogens (tertiary/aromatic N) is 1. The number of pyridine rings is 1. The fourth-order valence-electron chi connectivity index (χ4n) is 1.27. The highest BCUT2D eigenvalue weighted by Gasteiger charge is 2.19. The van der Waals surface area contributed by atoms with Gasteiger partial charge in [0.15, 0.2) is 0 Å². The third-order valence-corrected chi connectivity index (χ3v) is 2.25. The van der Waals surface area contributed by atoms with Crippen LogP contribution in [0.5, 0.6) is 0 Å². The molecule has 0 aliphatic heterocycles. The molecule has 0 radical (unpaired) electrons. The molecule has 70 valence electrons. The SMILES string of the molecule is CNc1ccnc(CNC2CC2)c1. The van der Waals surface area contributed by atoms with Gasteiger partial charge < -0.3 is 10.6 Å². The van der Waals surface area contributed by atoms with Crippen molar-refractivity contribution in [1.29, 1.82) is 0 Å². The zero-order valence-electron chi connectivity index (χ0n) is 7.88. The predicted octanol–water partition coefficient (Wildman–Crippen LogP) is 1.38. The van der Waals surface area contributed by atoms with Gasteiger partial charge in [-0.25, -0.2) is 0 Å². The zero-order chi connectivity index (χ0) is 9.10. The molecule has 2 N–H and O–H groups in total. The average molecular weight is 177 g/mol. The van der Waals surface area contributed by atoms with Crippen LogP contribution in [0.1, 0.15) is 18.5 Å². The van der Waals surface area contributed by atoms with Crippen LogP contribution in [0.15, 0.2) is 18.3 Å². The Hall–Kier alpha value is -1.09. The summed E-state index contributed by atoms with van der Waals surface area (Å²) in [4.78, 5) is 4.28. The third-order valence-electron chi connectivity index (χ3n) is 2.25. The Morgan fingerprint density at radius 2 is 2.38 bits per heavy atom. The minimum absolute atomic E-state index is 0.750. The van der Waals surface area contributed by atoms with Crippen LogP contribution in [0.3, 0.4) is 0 Å². The summed E-state index contributed by atoms with van der Waals surface area (Å²) in [6, 6.07) is 4.80. The summed E-state index contributed by atoms with van der Waals surface area (Å²) in [7, 11) is 1.92. The first-order chi connectivity index (χ1) is 6.38. The largest absolute Gasteiger partial charge is 0.388 e. The van der Waals surface area contributed by atoms with Crippen LogP contribution in [-0.4, -0.2) is 18.1 Å². The number of rotatable bonds is 4. The Morgan fingerprint density at radius 1 is 1.54 bits per heavy atom. The van der Waals surface area contributed by atoms with Crippen LogP contribution >= 0.6 is 0 Å². The van der Waals surface area contributed by atoms with Crippen LogP contribution in [0.2, 0.25) is 0 Å². The van der Waals surface area contributed by atoms with Crippen molar-refractivity contribution in [3.05, 3.63) is 24.0 Å². The molecule has 0 amide bonds. The fourth-order valence-corrected chi connectivity index (χ4v) is 1.27. The van der Waals surface area contributed by atoms with Crippen LogP contribution in [0.4, 0.5) is 5.69 Å². The van der Waals surface area contributed by atoms with Crippen LogP contribution in [0.25, 0.3) is 0 Å². The van der Waals surface area contributed by atoms with E-state index in [2.05, 4.69) is 21.7 Å². The second-order valence-corrected chi connectivity index (χ2v) is 3.44. The number of aromatic nitrogens is 1. The molecule has 0 unspecified atom stereocenters. The van der Waals surface area contributed by atoms with Crippen LogP contribution in [-0.2, 0) is 6.54 Å². The maximum atomic E-state index is 4.28. The van der Waals surface area contributed by atoms with Gasteiger partial charge in [0, 0.05) is 31.5 Å². The van der Waals surface area contributed by atoms with Gasteiger partial charge in [0.25, 0.3) is 0 Å². The maximum absolute atomic E-state index is 4.28. The summed E-state index contributed by atoms with van der Waals surface area (Å²) in [6.45, 7) is 0.889. The molecule has 0 saturated heterocycles. The van der Waals surface area contributed by atoms with Crippen molar-refractivity contribution in [1.82, 2.24) is 10.3 Å². The Labute approximate surface area is 78.6 Å². The van der Waals surface area contributed by atoms with E-state index in [-0.39, 0.29) is 0 Å². The molecule has 2 rings (SSSR count). The summed E-state index contributed by atoms with van der Waals surface area (Å²) < 4.78 is 0. The van der Waals surface area contributed by atoms with Gasteiger partial charge in [-0.05, 0) is 25.0 Å². The first kappa shape index (κ1) is 8.51. The standard InChI is InChI=1S/C10H15N3/c1-11-9-4-5-12-10(6-9)7-13-8-2-3-8/h4-6,8,13H,2-3,7H2,1H3,(H,11,12). The number of hydrogen-bond donors (Lipinski definition) is 2.